The topological polar surface area (TPSA) is 61.0 Å². The second kappa shape index (κ2) is 3.72. The molecule has 13 heavy (non-hydrogen) atoms. The van der Waals surface area contributed by atoms with Crippen LogP contribution in [-0.4, -0.2) is 14.7 Å². The van der Waals surface area contributed by atoms with E-state index in [4.69, 9.17) is 6.42 Å². The van der Waals surface area contributed by atoms with E-state index in [0.29, 0.717) is 18.5 Å². The van der Waals surface area contributed by atoms with E-state index < -0.39 is 4.92 Å². The SMILES string of the molecule is C#CCCc1c([N+](=O)[O-])cnn1C. The fourth-order valence-electron chi connectivity index (χ4n) is 1.08. The predicted octanol–water partition coefficient (Wildman–Crippen LogP) is 0.894. The molecule has 1 aromatic rings. The van der Waals surface area contributed by atoms with Crippen LogP contribution >= 0.6 is 0 Å². The molecular formula is C8H9N3O2. The van der Waals surface area contributed by atoms with Gasteiger partial charge < -0.3 is 0 Å². The van der Waals surface area contributed by atoms with Crippen LogP contribution in [-0.2, 0) is 13.5 Å². The molecule has 0 radical (unpaired) electrons. The highest BCUT2D eigenvalue weighted by Gasteiger charge is 2.17. The van der Waals surface area contributed by atoms with Gasteiger partial charge in [-0.1, -0.05) is 0 Å². The lowest BCUT2D eigenvalue weighted by Gasteiger charge is -1.97. The first kappa shape index (κ1) is 9.26. The van der Waals surface area contributed by atoms with Crippen molar-refractivity contribution in [1.82, 2.24) is 9.78 Å². The van der Waals surface area contributed by atoms with Crippen molar-refractivity contribution in [3.05, 3.63) is 22.0 Å². The lowest BCUT2D eigenvalue weighted by molar-refractivity contribution is -0.385. The fourth-order valence-corrected chi connectivity index (χ4v) is 1.08. The minimum absolute atomic E-state index is 0.0396. The molecule has 5 heteroatoms. The number of rotatable bonds is 3. The van der Waals surface area contributed by atoms with Crippen molar-refractivity contribution >= 4 is 5.69 Å². The van der Waals surface area contributed by atoms with Gasteiger partial charge in [-0.05, 0) is 0 Å². The van der Waals surface area contributed by atoms with Gasteiger partial charge >= 0.3 is 5.69 Å². The van der Waals surface area contributed by atoms with Crippen molar-refractivity contribution in [3.8, 4) is 12.3 Å². The van der Waals surface area contributed by atoms with Gasteiger partial charge in [0, 0.05) is 19.9 Å². The highest BCUT2D eigenvalue weighted by molar-refractivity contribution is 5.33. The maximum atomic E-state index is 10.5. The Kier molecular flexibility index (Phi) is 2.65. The Morgan fingerprint density at radius 1 is 1.85 bits per heavy atom. The van der Waals surface area contributed by atoms with E-state index in [-0.39, 0.29) is 5.69 Å². The molecule has 1 rings (SSSR count). The molecule has 0 saturated heterocycles. The molecule has 0 aliphatic heterocycles. The summed E-state index contributed by atoms with van der Waals surface area (Å²) in [5.74, 6) is 2.44. The van der Waals surface area contributed by atoms with Crippen molar-refractivity contribution in [3.63, 3.8) is 0 Å². The highest BCUT2D eigenvalue weighted by Crippen LogP contribution is 2.17. The molecule has 0 N–H and O–H groups in total. The molecule has 0 unspecified atom stereocenters. The number of aryl methyl sites for hydroxylation is 1. The van der Waals surface area contributed by atoms with Gasteiger partial charge in [0.1, 0.15) is 11.9 Å². The van der Waals surface area contributed by atoms with Gasteiger partial charge in [0.15, 0.2) is 0 Å². The van der Waals surface area contributed by atoms with Crippen LogP contribution in [0.5, 0.6) is 0 Å². The van der Waals surface area contributed by atoms with Crippen LogP contribution in [0.15, 0.2) is 6.20 Å². The molecule has 1 aromatic heterocycles. The van der Waals surface area contributed by atoms with Crippen molar-refractivity contribution in [1.29, 1.82) is 0 Å². The summed E-state index contributed by atoms with van der Waals surface area (Å²) < 4.78 is 1.48. The average molecular weight is 179 g/mol. The minimum atomic E-state index is -0.446. The first-order chi connectivity index (χ1) is 6.16. The average Bonchev–Trinajstić information content (AvgIpc) is 2.43. The lowest BCUT2D eigenvalue weighted by Crippen LogP contribution is -2.00. The van der Waals surface area contributed by atoms with Crippen LogP contribution in [0.1, 0.15) is 12.1 Å². The molecule has 0 aliphatic carbocycles. The molecule has 1 heterocycles. The highest BCUT2D eigenvalue weighted by atomic mass is 16.6. The number of nitro groups is 1. The molecule has 5 nitrogen and oxygen atoms in total. The van der Waals surface area contributed by atoms with E-state index >= 15 is 0 Å². The van der Waals surface area contributed by atoms with Crippen LogP contribution < -0.4 is 0 Å². The van der Waals surface area contributed by atoms with Gasteiger partial charge in [0.05, 0.1) is 4.92 Å². The lowest BCUT2D eigenvalue weighted by atomic mass is 10.2. The maximum Gasteiger partial charge on any atom is 0.310 e. The van der Waals surface area contributed by atoms with Gasteiger partial charge in [0.2, 0.25) is 0 Å². The predicted molar refractivity (Wildman–Crippen MR) is 47.0 cm³/mol. The zero-order valence-electron chi connectivity index (χ0n) is 7.23. The Balaban J connectivity index is 2.96. The maximum absolute atomic E-state index is 10.5. The minimum Gasteiger partial charge on any atom is -0.265 e. The van der Waals surface area contributed by atoms with Crippen molar-refractivity contribution in [2.24, 2.45) is 7.05 Å². The van der Waals surface area contributed by atoms with Crippen LogP contribution in [0.25, 0.3) is 0 Å². The second-order valence-electron chi connectivity index (χ2n) is 2.56. The standard InChI is InChI=1S/C8H9N3O2/c1-3-4-5-7-8(11(12)13)6-9-10(7)2/h1,6H,4-5H2,2H3. The van der Waals surface area contributed by atoms with Gasteiger partial charge in [-0.15, -0.1) is 12.3 Å². The Morgan fingerprint density at radius 2 is 2.54 bits per heavy atom. The smallest absolute Gasteiger partial charge is 0.265 e. The second-order valence-corrected chi connectivity index (χ2v) is 2.56. The Morgan fingerprint density at radius 3 is 3.08 bits per heavy atom. The summed E-state index contributed by atoms with van der Waals surface area (Å²) in [4.78, 5) is 10.1. The molecule has 0 amide bonds. The number of nitrogens with zero attached hydrogens (tertiary/aromatic N) is 3. The third-order valence-electron chi connectivity index (χ3n) is 1.74. The molecule has 0 aliphatic rings. The number of hydrogen-bond donors (Lipinski definition) is 0. The molecule has 0 spiro atoms. The Labute approximate surface area is 75.5 Å². The van der Waals surface area contributed by atoms with Gasteiger partial charge in [-0.25, -0.2) is 0 Å². The van der Waals surface area contributed by atoms with Crippen LogP contribution in [0.3, 0.4) is 0 Å². The van der Waals surface area contributed by atoms with E-state index in [1.54, 1.807) is 7.05 Å². The summed E-state index contributed by atoms with van der Waals surface area (Å²) in [5.41, 5.74) is 0.612. The molecular weight excluding hydrogens is 170 g/mol. The summed E-state index contributed by atoms with van der Waals surface area (Å²) in [7, 11) is 1.67. The Hall–Kier alpha value is -1.83. The van der Waals surface area contributed by atoms with Crippen molar-refractivity contribution in [2.75, 3.05) is 0 Å². The summed E-state index contributed by atoms with van der Waals surface area (Å²) >= 11 is 0. The largest absolute Gasteiger partial charge is 0.310 e. The summed E-state index contributed by atoms with van der Waals surface area (Å²) in [6.45, 7) is 0. The van der Waals surface area contributed by atoms with Gasteiger partial charge in [0.25, 0.3) is 0 Å². The normalized spacial score (nSPS) is 9.54. The van der Waals surface area contributed by atoms with E-state index in [1.165, 1.54) is 10.9 Å². The third kappa shape index (κ3) is 1.85. The van der Waals surface area contributed by atoms with Crippen LogP contribution in [0.4, 0.5) is 5.69 Å². The zero-order chi connectivity index (χ0) is 9.84. The van der Waals surface area contributed by atoms with E-state index in [2.05, 4.69) is 11.0 Å². The zero-order valence-corrected chi connectivity index (χ0v) is 7.23. The number of terminal acetylenes is 1. The molecule has 0 atom stereocenters. The monoisotopic (exact) mass is 179 g/mol. The third-order valence-corrected chi connectivity index (χ3v) is 1.74. The van der Waals surface area contributed by atoms with Crippen LogP contribution in [0.2, 0.25) is 0 Å². The summed E-state index contributed by atoms with van der Waals surface area (Å²) in [6, 6.07) is 0. The first-order valence-corrected chi connectivity index (χ1v) is 3.75. The fraction of sp³-hybridized carbons (Fsp3) is 0.375. The van der Waals surface area contributed by atoms with Gasteiger partial charge in [-0.2, -0.15) is 5.10 Å². The quantitative estimate of drug-likeness (QED) is 0.393. The molecule has 0 saturated carbocycles. The molecule has 0 bridgehead atoms. The molecule has 0 aromatic carbocycles. The molecule has 68 valence electrons. The van der Waals surface area contributed by atoms with Crippen molar-refractivity contribution in [2.45, 2.75) is 12.8 Å². The van der Waals surface area contributed by atoms with Gasteiger partial charge in [-0.3, -0.25) is 14.8 Å². The van der Waals surface area contributed by atoms with Crippen molar-refractivity contribution < 1.29 is 4.92 Å². The van der Waals surface area contributed by atoms with E-state index in [1.807, 2.05) is 0 Å². The first-order valence-electron chi connectivity index (χ1n) is 3.75. The number of aromatic nitrogens is 2. The Bertz CT molecular complexity index is 362. The van der Waals surface area contributed by atoms with Crippen LogP contribution in [0, 0.1) is 22.5 Å². The number of hydrogen-bond acceptors (Lipinski definition) is 3. The molecule has 0 fully saturated rings. The summed E-state index contributed by atoms with van der Waals surface area (Å²) in [5, 5.41) is 14.3. The van der Waals surface area contributed by atoms with E-state index in [9.17, 15) is 10.1 Å². The summed E-state index contributed by atoms with van der Waals surface area (Å²) in [6.07, 6.45) is 7.29. The van der Waals surface area contributed by atoms with E-state index in [0.717, 1.165) is 0 Å².